The monoisotopic (exact) mass is 351 g/mol. The smallest absolute Gasteiger partial charge is 0.269 e. The fourth-order valence-electron chi connectivity index (χ4n) is 3.33. The van der Waals surface area contributed by atoms with Gasteiger partial charge in [-0.3, -0.25) is 19.8 Å². The Balaban J connectivity index is 1.43. The largest absolute Gasteiger partial charge is 0.468 e. The molecular formula is C19H21N5O2. The van der Waals surface area contributed by atoms with Crippen molar-refractivity contribution in [1.82, 2.24) is 25.4 Å². The number of hydrogen-bond donors (Lipinski definition) is 2. The quantitative estimate of drug-likeness (QED) is 0.713. The number of rotatable bonds is 6. The lowest BCUT2D eigenvalue weighted by Gasteiger charge is -2.25. The molecule has 1 atom stereocenters. The highest BCUT2D eigenvalue weighted by molar-refractivity contribution is 5.93. The van der Waals surface area contributed by atoms with Crippen LogP contribution in [0.15, 0.2) is 53.4 Å². The number of aromatic nitrogens is 3. The minimum absolute atomic E-state index is 0.0529. The number of pyridine rings is 1. The number of nitrogens with zero attached hydrogens (tertiary/aromatic N) is 3. The molecule has 1 fully saturated rings. The van der Waals surface area contributed by atoms with Crippen molar-refractivity contribution in [3.05, 3.63) is 60.4 Å². The van der Waals surface area contributed by atoms with Crippen LogP contribution in [-0.2, 0) is 0 Å². The third-order valence-corrected chi connectivity index (χ3v) is 4.69. The first-order chi connectivity index (χ1) is 12.8. The highest BCUT2D eigenvalue weighted by Crippen LogP contribution is 2.25. The molecule has 1 unspecified atom stereocenters. The fourth-order valence-corrected chi connectivity index (χ4v) is 3.33. The van der Waals surface area contributed by atoms with Crippen molar-refractivity contribution in [1.29, 1.82) is 0 Å². The normalized spacial score (nSPS) is 15.8. The van der Waals surface area contributed by atoms with Gasteiger partial charge in [0.2, 0.25) is 0 Å². The molecule has 0 spiro atoms. The average molecular weight is 351 g/mol. The van der Waals surface area contributed by atoms with E-state index in [0.29, 0.717) is 17.9 Å². The van der Waals surface area contributed by atoms with E-state index in [1.807, 2.05) is 24.3 Å². The molecule has 1 saturated heterocycles. The van der Waals surface area contributed by atoms with Gasteiger partial charge >= 0.3 is 0 Å². The van der Waals surface area contributed by atoms with Gasteiger partial charge in [-0.25, -0.2) is 0 Å². The van der Waals surface area contributed by atoms with E-state index in [4.69, 9.17) is 4.42 Å². The summed E-state index contributed by atoms with van der Waals surface area (Å²) in [5.41, 5.74) is 2.00. The van der Waals surface area contributed by atoms with Crippen LogP contribution >= 0.6 is 0 Å². The van der Waals surface area contributed by atoms with Gasteiger partial charge in [0.05, 0.1) is 18.0 Å². The first kappa shape index (κ1) is 16.5. The molecule has 0 aliphatic carbocycles. The number of hydrogen-bond acceptors (Lipinski definition) is 5. The standard InChI is InChI=1S/C19H21N5O2/c25-19(16-11-15(22-23-16)14-5-3-7-20-12-14)21-13-17(18-6-4-10-26-18)24-8-1-2-9-24/h3-7,10-12,17H,1-2,8-9,13H2,(H,21,25)(H,22,23). The summed E-state index contributed by atoms with van der Waals surface area (Å²) in [6.45, 7) is 2.54. The van der Waals surface area contributed by atoms with Gasteiger partial charge in [-0.15, -0.1) is 0 Å². The van der Waals surface area contributed by atoms with Gasteiger partial charge in [0.25, 0.3) is 5.91 Å². The second-order valence-electron chi connectivity index (χ2n) is 6.39. The molecular weight excluding hydrogens is 330 g/mol. The molecule has 26 heavy (non-hydrogen) atoms. The third kappa shape index (κ3) is 3.52. The first-order valence-electron chi connectivity index (χ1n) is 8.83. The molecule has 1 aliphatic heterocycles. The number of carbonyl (C=O) groups excluding carboxylic acids is 1. The van der Waals surface area contributed by atoms with Crippen molar-refractivity contribution in [3.63, 3.8) is 0 Å². The highest BCUT2D eigenvalue weighted by Gasteiger charge is 2.26. The van der Waals surface area contributed by atoms with Crippen molar-refractivity contribution in [2.75, 3.05) is 19.6 Å². The fraction of sp³-hybridized carbons (Fsp3) is 0.316. The van der Waals surface area contributed by atoms with Gasteiger partial charge < -0.3 is 9.73 Å². The Hall–Kier alpha value is -2.93. The van der Waals surface area contributed by atoms with E-state index in [9.17, 15) is 4.79 Å². The van der Waals surface area contributed by atoms with E-state index in [-0.39, 0.29) is 11.9 Å². The van der Waals surface area contributed by atoms with Crippen LogP contribution in [0.1, 0.15) is 35.1 Å². The summed E-state index contributed by atoms with van der Waals surface area (Å²) in [6, 6.07) is 9.39. The number of amides is 1. The lowest BCUT2D eigenvalue weighted by Crippen LogP contribution is -2.36. The van der Waals surface area contributed by atoms with E-state index in [0.717, 1.165) is 24.4 Å². The lowest BCUT2D eigenvalue weighted by atomic mass is 10.2. The van der Waals surface area contributed by atoms with E-state index in [1.54, 1.807) is 24.7 Å². The van der Waals surface area contributed by atoms with Crippen LogP contribution in [0.3, 0.4) is 0 Å². The molecule has 7 nitrogen and oxygen atoms in total. The number of nitrogens with one attached hydrogen (secondary N) is 2. The second-order valence-corrected chi connectivity index (χ2v) is 6.39. The summed E-state index contributed by atoms with van der Waals surface area (Å²) in [4.78, 5) is 19.0. The Morgan fingerprint density at radius 1 is 1.31 bits per heavy atom. The Morgan fingerprint density at radius 2 is 2.19 bits per heavy atom. The zero-order valence-corrected chi connectivity index (χ0v) is 14.4. The van der Waals surface area contributed by atoms with E-state index in [2.05, 4.69) is 25.4 Å². The zero-order chi connectivity index (χ0) is 17.8. The maximum absolute atomic E-state index is 12.5. The summed E-state index contributed by atoms with van der Waals surface area (Å²) in [5.74, 6) is 0.705. The highest BCUT2D eigenvalue weighted by atomic mass is 16.3. The number of likely N-dealkylation sites (tertiary alicyclic amines) is 1. The molecule has 3 aromatic heterocycles. The molecule has 1 aliphatic rings. The molecule has 4 rings (SSSR count). The number of H-pyrrole nitrogens is 1. The molecule has 0 aromatic carbocycles. The number of furan rings is 1. The Labute approximate surface area is 151 Å². The van der Waals surface area contributed by atoms with Crippen molar-refractivity contribution in [2.45, 2.75) is 18.9 Å². The number of carbonyl (C=O) groups is 1. The van der Waals surface area contributed by atoms with E-state index in [1.165, 1.54) is 12.8 Å². The van der Waals surface area contributed by atoms with Crippen molar-refractivity contribution in [2.24, 2.45) is 0 Å². The van der Waals surface area contributed by atoms with Crippen LogP contribution in [0.25, 0.3) is 11.3 Å². The molecule has 4 heterocycles. The van der Waals surface area contributed by atoms with Crippen molar-refractivity contribution >= 4 is 5.91 Å². The summed E-state index contributed by atoms with van der Waals surface area (Å²) in [7, 11) is 0. The van der Waals surface area contributed by atoms with E-state index < -0.39 is 0 Å². The minimum atomic E-state index is -0.177. The summed E-state index contributed by atoms with van der Waals surface area (Å²) in [5, 5.41) is 10.0. The van der Waals surface area contributed by atoms with Crippen LogP contribution < -0.4 is 5.32 Å². The van der Waals surface area contributed by atoms with Crippen molar-refractivity contribution in [3.8, 4) is 11.3 Å². The summed E-state index contributed by atoms with van der Waals surface area (Å²) in [6.07, 6.45) is 7.46. The Kier molecular flexibility index (Phi) is 4.79. The first-order valence-corrected chi connectivity index (χ1v) is 8.83. The summed E-state index contributed by atoms with van der Waals surface area (Å²) >= 11 is 0. The average Bonchev–Trinajstić information content (AvgIpc) is 3.44. The SMILES string of the molecule is O=C(NCC(c1ccco1)N1CCCC1)c1cc(-c2cccnc2)n[nH]1. The van der Waals surface area contributed by atoms with Crippen LogP contribution in [0.5, 0.6) is 0 Å². The van der Waals surface area contributed by atoms with Crippen LogP contribution in [0.4, 0.5) is 0 Å². The maximum Gasteiger partial charge on any atom is 0.269 e. The van der Waals surface area contributed by atoms with Crippen molar-refractivity contribution < 1.29 is 9.21 Å². The lowest BCUT2D eigenvalue weighted by molar-refractivity contribution is 0.0928. The zero-order valence-electron chi connectivity index (χ0n) is 14.4. The molecule has 2 N–H and O–H groups in total. The topological polar surface area (TPSA) is 87.1 Å². The molecule has 1 amide bonds. The molecule has 0 bridgehead atoms. The molecule has 3 aromatic rings. The van der Waals surface area contributed by atoms with Crippen LogP contribution in [0.2, 0.25) is 0 Å². The van der Waals surface area contributed by atoms with Gasteiger partial charge in [0, 0.05) is 24.5 Å². The molecule has 0 radical (unpaired) electrons. The minimum Gasteiger partial charge on any atom is -0.468 e. The van der Waals surface area contributed by atoms with E-state index >= 15 is 0 Å². The van der Waals surface area contributed by atoms with Gasteiger partial charge in [-0.2, -0.15) is 5.10 Å². The van der Waals surface area contributed by atoms with Gasteiger partial charge in [0.15, 0.2) is 0 Å². The van der Waals surface area contributed by atoms with Crippen LogP contribution in [0, 0.1) is 0 Å². The molecule has 134 valence electrons. The Bertz CT molecular complexity index is 838. The molecule has 0 saturated carbocycles. The van der Waals surface area contributed by atoms with Crippen LogP contribution in [-0.4, -0.2) is 45.6 Å². The van der Waals surface area contributed by atoms with Gasteiger partial charge in [0.1, 0.15) is 11.5 Å². The maximum atomic E-state index is 12.5. The van der Waals surface area contributed by atoms with Gasteiger partial charge in [-0.05, 0) is 56.3 Å². The second kappa shape index (κ2) is 7.53. The summed E-state index contributed by atoms with van der Waals surface area (Å²) < 4.78 is 5.59. The third-order valence-electron chi connectivity index (χ3n) is 4.69. The predicted molar refractivity (Wildman–Crippen MR) is 96.4 cm³/mol. The number of aromatic amines is 1. The molecule has 7 heteroatoms. The predicted octanol–water partition coefficient (Wildman–Crippen LogP) is 2.63. The van der Waals surface area contributed by atoms with Gasteiger partial charge in [-0.1, -0.05) is 0 Å². The Morgan fingerprint density at radius 3 is 2.92 bits per heavy atom.